The molecule has 0 heterocycles. The third-order valence-corrected chi connectivity index (χ3v) is 5.42. The average Bonchev–Trinajstić information content (AvgIpc) is 2.81. The van der Waals surface area contributed by atoms with Crippen LogP contribution in [0.15, 0.2) is 72.8 Å². The number of halogens is 3. The van der Waals surface area contributed by atoms with Crippen molar-refractivity contribution in [2.75, 3.05) is 7.11 Å². The van der Waals surface area contributed by atoms with E-state index in [4.69, 9.17) is 15.1 Å². The molecule has 3 aromatic rings. The van der Waals surface area contributed by atoms with Gasteiger partial charge in [-0.3, -0.25) is 0 Å². The molecular formula is C22H15F3O7Ti. The molecular weight excluding hydrogens is 481 g/mol. The molecule has 0 aliphatic heterocycles. The molecule has 0 fully saturated rings. The van der Waals surface area contributed by atoms with E-state index in [1.165, 1.54) is 0 Å². The Morgan fingerprint density at radius 2 is 0.758 bits per heavy atom. The summed E-state index contributed by atoms with van der Waals surface area (Å²) < 4.78 is 54.4. The van der Waals surface area contributed by atoms with Crippen molar-refractivity contribution in [3.63, 3.8) is 0 Å². The SMILES string of the molecule is C[O-].O=C([O][Ti+]([O]C(=O)c1ccc(F)cc1)[O]C(=O)c1ccc(F)cc1)c1ccc(F)cc1. The summed E-state index contributed by atoms with van der Waals surface area (Å²) in [5, 5.41) is 8.25. The molecule has 0 amide bonds. The second kappa shape index (κ2) is 12.5. The van der Waals surface area contributed by atoms with Gasteiger partial charge < -0.3 is 5.11 Å². The van der Waals surface area contributed by atoms with Crippen LogP contribution >= 0.6 is 0 Å². The van der Waals surface area contributed by atoms with Gasteiger partial charge >= 0.3 is 181 Å². The van der Waals surface area contributed by atoms with Gasteiger partial charge in [-0.25, -0.2) is 0 Å². The third kappa shape index (κ3) is 7.87. The van der Waals surface area contributed by atoms with Crippen LogP contribution in [0.5, 0.6) is 0 Å². The number of hydrogen-bond acceptors (Lipinski definition) is 7. The zero-order chi connectivity index (χ0) is 24.4. The number of carbonyl (C=O) groups is 3. The Labute approximate surface area is 193 Å². The van der Waals surface area contributed by atoms with E-state index in [0.29, 0.717) is 0 Å². The van der Waals surface area contributed by atoms with Crippen molar-refractivity contribution in [1.82, 2.24) is 0 Å². The van der Waals surface area contributed by atoms with E-state index in [0.717, 1.165) is 79.9 Å². The fourth-order valence-electron chi connectivity index (χ4n) is 2.22. The van der Waals surface area contributed by atoms with E-state index in [9.17, 15) is 27.6 Å². The van der Waals surface area contributed by atoms with Crippen molar-refractivity contribution in [3.05, 3.63) is 107 Å². The molecule has 0 N–H and O–H groups in total. The van der Waals surface area contributed by atoms with Gasteiger partial charge in [-0.05, 0) is 0 Å². The van der Waals surface area contributed by atoms with E-state index in [2.05, 4.69) is 0 Å². The van der Waals surface area contributed by atoms with Gasteiger partial charge in [-0.1, -0.05) is 0 Å². The standard InChI is InChI=1S/3C7H5FO2.CH3O.Ti/c3*8-6-3-1-5(2-4-6)7(9)10;1-2;/h3*1-4H,(H,9,10);1H3;/q;;;-1;+4/p-3. The van der Waals surface area contributed by atoms with Crippen molar-refractivity contribution in [2.24, 2.45) is 0 Å². The maximum atomic E-state index is 13.1. The molecule has 0 unspecified atom stereocenters. The van der Waals surface area contributed by atoms with E-state index < -0.39 is 54.4 Å². The van der Waals surface area contributed by atoms with Gasteiger partial charge in [0.2, 0.25) is 0 Å². The molecule has 0 radical (unpaired) electrons. The Morgan fingerprint density at radius 1 is 0.545 bits per heavy atom. The second-order valence-corrected chi connectivity index (χ2v) is 7.68. The first-order valence-electron chi connectivity index (χ1n) is 9.03. The van der Waals surface area contributed by atoms with Gasteiger partial charge in [0, 0.05) is 0 Å². The molecule has 0 atom stereocenters. The molecule has 0 aliphatic rings. The normalized spacial score (nSPS) is 9.73. The molecule has 11 heteroatoms. The van der Waals surface area contributed by atoms with Crippen molar-refractivity contribution in [2.45, 2.75) is 0 Å². The molecule has 3 rings (SSSR count). The molecule has 0 aromatic heterocycles. The first kappa shape index (κ1) is 25.8. The fourth-order valence-corrected chi connectivity index (χ4v) is 3.68. The average molecular weight is 496 g/mol. The number of rotatable bonds is 6. The molecule has 0 aliphatic carbocycles. The van der Waals surface area contributed by atoms with Crippen LogP contribution in [0.2, 0.25) is 0 Å². The molecule has 7 nitrogen and oxygen atoms in total. The minimum atomic E-state index is -4.11. The van der Waals surface area contributed by atoms with Crippen molar-refractivity contribution < 1.29 is 61.7 Å². The van der Waals surface area contributed by atoms with Crippen LogP contribution in [0.4, 0.5) is 13.2 Å². The molecule has 0 spiro atoms. The van der Waals surface area contributed by atoms with Gasteiger partial charge in [0.25, 0.3) is 0 Å². The van der Waals surface area contributed by atoms with Crippen LogP contribution in [-0.2, 0) is 29.0 Å². The zero-order valence-electron chi connectivity index (χ0n) is 16.9. The van der Waals surface area contributed by atoms with E-state index in [1.807, 2.05) is 0 Å². The summed E-state index contributed by atoms with van der Waals surface area (Å²) in [7, 11) is 0.750. The Morgan fingerprint density at radius 3 is 0.970 bits per heavy atom. The third-order valence-electron chi connectivity index (χ3n) is 3.77. The molecule has 33 heavy (non-hydrogen) atoms. The monoisotopic (exact) mass is 496 g/mol. The maximum absolute atomic E-state index is 13.1. The number of benzene rings is 3. The molecule has 3 aromatic carbocycles. The van der Waals surface area contributed by atoms with Crippen LogP contribution < -0.4 is 5.11 Å². The molecule has 0 bridgehead atoms. The Bertz CT molecular complexity index is 947. The van der Waals surface area contributed by atoms with Crippen molar-refractivity contribution in [3.8, 4) is 0 Å². The van der Waals surface area contributed by atoms with E-state index in [-0.39, 0.29) is 16.7 Å². The topological polar surface area (TPSA) is 102 Å². The van der Waals surface area contributed by atoms with Gasteiger partial charge in [-0.2, -0.15) is 7.11 Å². The summed E-state index contributed by atoms with van der Waals surface area (Å²) >= 11 is -4.11. The predicted molar refractivity (Wildman–Crippen MR) is 101 cm³/mol. The Kier molecular flexibility index (Phi) is 9.80. The summed E-state index contributed by atoms with van der Waals surface area (Å²) in [6, 6.07) is 12.9. The van der Waals surface area contributed by atoms with Crippen LogP contribution in [0.25, 0.3) is 0 Å². The van der Waals surface area contributed by atoms with Crippen LogP contribution in [-0.4, -0.2) is 25.0 Å². The predicted octanol–water partition coefficient (Wildman–Crippen LogP) is 3.31. The Balaban J connectivity index is 0.00000187. The van der Waals surface area contributed by atoms with Crippen LogP contribution in [0, 0.1) is 17.5 Å². The Hall–Kier alpha value is -3.47. The van der Waals surface area contributed by atoms with Gasteiger partial charge in [0.05, 0.1) is 0 Å². The van der Waals surface area contributed by atoms with E-state index >= 15 is 0 Å². The molecule has 0 saturated heterocycles. The summed E-state index contributed by atoms with van der Waals surface area (Å²) in [5.74, 6) is -4.77. The summed E-state index contributed by atoms with van der Waals surface area (Å²) in [6.45, 7) is 0. The van der Waals surface area contributed by atoms with Crippen LogP contribution in [0.1, 0.15) is 31.1 Å². The fraction of sp³-hybridized carbons (Fsp3) is 0.0455. The van der Waals surface area contributed by atoms with Gasteiger partial charge in [0.15, 0.2) is 0 Å². The summed E-state index contributed by atoms with van der Waals surface area (Å²) in [4.78, 5) is 36.9. The van der Waals surface area contributed by atoms with Crippen molar-refractivity contribution >= 4 is 17.9 Å². The minimum absolute atomic E-state index is 0.0675. The second-order valence-electron chi connectivity index (χ2n) is 5.94. The van der Waals surface area contributed by atoms with Gasteiger partial charge in [-0.15, -0.1) is 0 Å². The first-order chi connectivity index (χ1) is 15.8. The molecule has 0 saturated carbocycles. The van der Waals surface area contributed by atoms with E-state index in [1.54, 1.807) is 0 Å². The summed E-state index contributed by atoms with van der Waals surface area (Å²) in [5.41, 5.74) is -0.203. The number of carbonyl (C=O) groups excluding carboxylic acids is 3. The first-order valence-corrected chi connectivity index (χ1v) is 10.9. The number of hydrogen-bond donors (Lipinski definition) is 0. The van der Waals surface area contributed by atoms with Crippen molar-refractivity contribution in [1.29, 1.82) is 0 Å². The van der Waals surface area contributed by atoms with Crippen LogP contribution in [0.3, 0.4) is 0 Å². The quantitative estimate of drug-likeness (QED) is 0.483. The molecule has 170 valence electrons. The van der Waals surface area contributed by atoms with Gasteiger partial charge in [0.1, 0.15) is 0 Å². The summed E-state index contributed by atoms with van der Waals surface area (Å²) in [6.07, 6.45) is 0. The zero-order valence-corrected chi connectivity index (χ0v) is 18.5.